The summed E-state index contributed by atoms with van der Waals surface area (Å²) in [7, 11) is 0. The fourth-order valence-electron chi connectivity index (χ4n) is 2.86. The molecule has 2 aromatic carbocycles. The van der Waals surface area contributed by atoms with Crippen LogP contribution < -0.4 is 9.47 Å². The molecular weight excluding hydrogens is 563 g/mol. The standard InChI is InChI=1S/2C10H8BrClO2.CH2O/c2*11-5-6-3-7-9(13)1-2-14-10(7)4-8(6)12;1-2/h2*3-4H,1-2,5H2;1H2. The summed E-state index contributed by atoms with van der Waals surface area (Å²) in [6, 6.07) is 7.02. The molecule has 0 bridgehead atoms. The van der Waals surface area contributed by atoms with Gasteiger partial charge >= 0.3 is 0 Å². The molecule has 160 valence electrons. The summed E-state index contributed by atoms with van der Waals surface area (Å²) in [5.41, 5.74) is 3.14. The van der Waals surface area contributed by atoms with E-state index in [0.29, 0.717) is 69.4 Å². The molecule has 0 N–H and O–H groups in total. The highest BCUT2D eigenvalue weighted by Crippen LogP contribution is 2.33. The Kier molecular flexibility index (Phi) is 9.81. The van der Waals surface area contributed by atoms with Crippen molar-refractivity contribution in [3.05, 3.63) is 56.6 Å². The van der Waals surface area contributed by atoms with E-state index < -0.39 is 0 Å². The molecule has 0 unspecified atom stereocenters. The van der Waals surface area contributed by atoms with Gasteiger partial charge in [0.25, 0.3) is 0 Å². The lowest BCUT2D eigenvalue weighted by Crippen LogP contribution is -2.15. The van der Waals surface area contributed by atoms with Crippen LogP contribution in [0.25, 0.3) is 0 Å². The lowest BCUT2D eigenvalue weighted by molar-refractivity contribution is -0.0980. The Labute approximate surface area is 201 Å². The maximum Gasteiger partial charge on any atom is 0.170 e. The van der Waals surface area contributed by atoms with Crippen molar-refractivity contribution in [1.82, 2.24) is 0 Å². The second-order valence-corrected chi connectivity index (χ2v) is 8.13. The highest BCUT2D eigenvalue weighted by atomic mass is 79.9. The Balaban J connectivity index is 0.000000197. The molecular formula is C21H18Br2Cl2O5. The average molecular weight is 581 g/mol. The highest BCUT2D eigenvalue weighted by Gasteiger charge is 2.21. The van der Waals surface area contributed by atoms with Crippen molar-refractivity contribution in [3.8, 4) is 11.5 Å². The van der Waals surface area contributed by atoms with E-state index >= 15 is 0 Å². The van der Waals surface area contributed by atoms with Crippen LogP contribution in [0.1, 0.15) is 44.7 Å². The zero-order valence-corrected chi connectivity index (χ0v) is 20.5. The Morgan fingerprint density at radius 1 is 0.767 bits per heavy atom. The lowest BCUT2D eigenvalue weighted by atomic mass is 10.0. The first kappa shape index (κ1) is 24.9. The van der Waals surface area contributed by atoms with Crippen LogP contribution in [0.2, 0.25) is 10.0 Å². The second-order valence-electron chi connectivity index (χ2n) is 6.19. The number of ether oxygens (including phenoxy) is 2. The lowest BCUT2D eigenvalue weighted by Gasteiger charge is -2.17. The molecule has 5 nitrogen and oxygen atoms in total. The molecule has 0 saturated carbocycles. The van der Waals surface area contributed by atoms with Crippen molar-refractivity contribution >= 4 is 73.4 Å². The third-order valence-corrected chi connectivity index (χ3v) is 6.27. The summed E-state index contributed by atoms with van der Waals surface area (Å²) in [4.78, 5) is 31.1. The number of halogens is 4. The van der Waals surface area contributed by atoms with Gasteiger partial charge in [-0.15, -0.1) is 0 Å². The van der Waals surface area contributed by atoms with Gasteiger partial charge in [0, 0.05) is 33.5 Å². The number of alkyl halides is 2. The first-order chi connectivity index (χ1) is 14.4. The van der Waals surface area contributed by atoms with Gasteiger partial charge in [-0.3, -0.25) is 9.59 Å². The van der Waals surface area contributed by atoms with Gasteiger partial charge in [-0.1, -0.05) is 55.1 Å². The van der Waals surface area contributed by atoms with Crippen LogP contribution in [-0.4, -0.2) is 31.6 Å². The zero-order valence-electron chi connectivity index (χ0n) is 15.8. The maximum atomic E-state index is 11.5. The van der Waals surface area contributed by atoms with Crippen molar-refractivity contribution in [2.24, 2.45) is 0 Å². The summed E-state index contributed by atoms with van der Waals surface area (Å²) in [6.45, 7) is 2.91. The summed E-state index contributed by atoms with van der Waals surface area (Å²) >= 11 is 18.6. The fraction of sp³-hybridized carbons (Fsp3) is 0.286. The Bertz CT molecular complexity index is 874. The largest absolute Gasteiger partial charge is 0.492 e. The van der Waals surface area contributed by atoms with Crippen molar-refractivity contribution in [1.29, 1.82) is 0 Å². The van der Waals surface area contributed by atoms with E-state index in [1.165, 1.54) is 0 Å². The van der Waals surface area contributed by atoms with E-state index in [4.69, 9.17) is 37.5 Å². The molecule has 0 radical (unpaired) electrons. The SMILES string of the molecule is C=O.O=C1CCOc2cc(Cl)c(CBr)cc21.O=C1CCOc2cc(Cl)c(CBr)cc21. The number of hydrogen-bond donors (Lipinski definition) is 0. The predicted octanol–water partition coefficient (Wildman–Crippen LogP) is 6.22. The van der Waals surface area contributed by atoms with E-state index in [-0.39, 0.29) is 11.6 Å². The van der Waals surface area contributed by atoms with Gasteiger partial charge in [-0.25, -0.2) is 0 Å². The minimum Gasteiger partial charge on any atom is -0.492 e. The van der Waals surface area contributed by atoms with E-state index in [0.717, 1.165) is 11.1 Å². The Hall–Kier alpha value is -1.41. The van der Waals surface area contributed by atoms with Crippen LogP contribution >= 0.6 is 55.1 Å². The highest BCUT2D eigenvalue weighted by molar-refractivity contribution is 9.08. The third-order valence-electron chi connectivity index (χ3n) is 4.36. The normalized spacial score (nSPS) is 14.0. The van der Waals surface area contributed by atoms with Crippen molar-refractivity contribution in [3.63, 3.8) is 0 Å². The number of benzene rings is 2. The first-order valence-electron chi connectivity index (χ1n) is 8.82. The molecule has 30 heavy (non-hydrogen) atoms. The van der Waals surface area contributed by atoms with Crippen molar-refractivity contribution < 1.29 is 23.9 Å². The quantitative estimate of drug-likeness (QED) is 0.395. The molecule has 2 aliphatic heterocycles. The van der Waals surface area contributed by atoms with Gasteiger partial charge in [0.05, 0.1) is 24.3 Å². The first-order valence-corrected chi connectivity index (χ1v) is 11.8. The summed E-state index contributed by atoms with van der Waals surface area (Å²) < 4.78 is 10.7. The van der Waals surface area contributed by atoms with Gasteiger partial charge in [-0.2, -0.15) is 0 Å². The van der Waals surface area contributed by atoms with E-state index in [1.807, 2.05) is 6.79 Å². The molecule has 0 atom stereocenters. The van der Waals surface area contributed by atoms with Crippen LogP contribution in [0.4, 0.5) is 0 Å². The summed E-state index contributed by atoms with van der Waals surface area (Å²) in [6.07, 6.45) is 0.909. The van der Waals surface area contributed by atoms with Crippen molar-refractivity contribution in [2.75, 3.05) is 13.2 Å². The Morgan fingerprint density at radius 3 is 1.47 bits per heavy atom. The number of fused-ring (bicyclic) bond motifs is 2. The van der Waals surface area contributed by atoms with Gasteiger partial charge < -0.3 is 14.3 Å². The zero-order chi connectivity index (χ0) is 22.3. The van der Waals surface area contributed by atoms with Gasteiger partial charge in [-0.05, 0) is 35.4 Å². The minimum absolute atomic E-state index is 0.130. The van der Waals surface area contributed by atoms with E-state index in [1.54, 1.807) is 24.3 Å². The molecule has 2 aliphatic rings. The molecule has 0 aromatic heterocycles. The monoisotopic (exact) mass is 578 g/mol. The van der Waals surface area contributed by atoms with E-state index in [2.05, 4.69) is 31.9 Å². The number of carbonyl (C=O) groups excluding carboxylic acids is 3. The summed E-state index contributed by atoms with van der Waals surface area (Å²) in [5.74, 6) is 1.47. The van der Waals surface area contributed by atoms with Crippen LogP contribution in [0.5, 0.6) is 11.5 Å². The Morgan fingerprint density at radius 2 is 1.13 bits per heavy atom. The fourth-order valence-corrected chi connectivity index (χ4v) is 4.55. The van der Waals surface area contributed by atoms with E-state index in [9.17, 15) is 9.59 Å². The van der Waals surface area contributed by atoms with Crippen LogP contribution in [0.3, 0.4) is 0 Å². The topological polar surface area (TPSA) is 69.7 Å². The van der Waals surface area contributed by atoms with Crippen LogP contribution in [-0.2, 0) is 15.5 Å². The molecule has 0 aliphatic carbocycles. The molecule has 2 aromatic rings. The number of ketones is 2. The minimum atomic E-state index is 0.130. The van der Waals surface area contributed by atoms with Crippen molar-refractivity contribution in [2.45, 2.75) is 23.5 Å². The molecule has 0 fully saturated rings. The van der Waals surface area contributed by atoms with Gasteiger partial charge in [0.1, 0.15) is 18.3 Å². The second kappa shape index (κ2) is 11.8. The number of carbonyl (C=O) groups is 3. The summed E-state index contributed by atoms with van der Waals surface area (Å²) in [5, 5.41) is 2.56. The molecule has 4 rings (SSSR count). The molecule has 2 heterocycles. The molecule has 9 heteroatoms. The number of hydrogen-bond acceptors (Lipinski definition) is 5. The molecule has 0 spiro atoms. The average Bonchev–Trinajstić information content (AvgIpc) is 2.75. The molecule has 0 amide bonds. The van der Waals surface area contributed by atoms with Gasteiger partial charge in [0.15, 0.2) is 11.6 Å². The smallest absolute Gasteiger partial charge is 0.170 e. The van der Waals surface area contributed by atoms with Crippen LogP contribution in [0, 0.1) is 0 Å². The van der Waals surface area contributed by atoms with Crippen LogP contribution in [0.15, 0.2) is 24.3 Å². The van der Waals surface area contributed by atoms with Gasteiger partial charge in [0.2, 0.25) is 0 Å². The number of Topliss-reactive ketones (excluding diaryl/α,β-unsaturated/α-hetero) is 2. The maximum absolute atomic E-state index is 11.5. The predicted molar refractivity (Wildman–Crippen MR) is 124 cm³/mol. The number of rotatable bonds is 2. The third kappa shape index (κ3) is 5.84. The molecule has 0 saturated heterocycles.